The van der Waals surface area contributed by atoms with Gasteiger partial charge in [-0.1, -0.05) is 12.8 Å². The lowest BCUT2D eigenvalue weighted by atomic mass is 9.49. The molecule has 0 unspecified atom stereocenters. The van der Waals surface area contributed by atoms with Crippen LogP contribution >= 0.6 is 0 Å². The fourth-order valence-corrected chi connectivity index (χ4v) is 6.27. The molecule has 5 fully saturated rings. The molecule has 5 heteroatoms. The van der Waals surface area contributed by atoms with Crippen molar-refractivity contribution < 1.29 is 9.59 Å². The van der Waals surface area contributed by atoms with Crippen LogP contribution in [0.25, 0.3) is 0 Å². The first-order valence-electron chi connectivity index (χ1n) is 10.2. The van der Waals surface area contributed by atoms with Gasteiger partial charge < -0.3 is 5.32 Å². The third kappa shape index (κ3) is 3.61. The van der Waals surface area contributed by atoms with Gasteiger partial charge >= 0.3 is 0 Å². The van der Waals surface area contributed by atoms with Crippen molar-refractivity contribution in [3.63, 3.8) is 0 Å². The molecule has 2 N–H and O–H groups in total. The molecule has 0 aromatic carbocycles. The Morgan fingerprint density at radius 1 is 1.00 bits per heavy atom. The number of carbonyl (C=O) groups excluding carboxylic acids is 2. The zero-order valence-corrected chi connectivity index (χ0v) is 15.4. The summed E-state index contributed by atoms with van der Waals surface area (Å²) < 4.78 is 0. The van der Waals surface area contributed by atoms with Gasteiger partial charge in [-0.15, -0.1) is 0 Å². The minimum Gasteiger partial charge on any atom is -0.353 e. The molecule has 5 saturated carbocycles. The van der Waals surface area contributed by atoms with Crippen molar-refractivity contribution in [3.05, 3.63) is 0 Å². The van der Waals surface area contributed by atoms with E-state index in [2.05, 4.69) is 15.8 Å². The van der Waals surface area contributed by atoms with Crippen LogP contribution in [0.2, 0.25) is 0 Å². The van der Waals surface area contributed by atoms with Crippen LogP contribution in [-0.4, -0.2) is 23.6 Å². The van der Waals surface area contributed by atoms with Crippen LogP contribution in [0, 0.1) is 23.2 Å². The highest BCUT2D eigenvalue weighted by molar-refractivity contribution is 6.00. The van der Waals surface area contributed by atoms with E-state index in [4.69, 9.17) is 0 Å². The maximum atomic E-state index is 12.8. The minimum atomic E-state index is -0.176. The second-order valence-corrected chi connectivity index (χ2v) is 9.21. The fourth-order valence-electron chi connectivity index (χ4n) is 6.27. The Bertz CT molecular complexity index is 542. The number of rotatable bonds is 5. The molecule has 0 saturated heterocycles. The summed E-state index contributed by atoms with van der Waals surface area (Å²) in [7, 11) is 0. The Morgan fingerprint density at radius 2 is 1.56 bits per heavy atom. The van der Waals surface area contributed by atoms with Crippen molar-refractivity contribution in [1.82, 2.24) is 10.7 Å². The van der Waals surface area contributed by atoms with Crippen molar-refractivity contribution >= 4 is 17.5 Å². The summed E-state index contributed by atoms with van der Waals surface area (Å²) in [5.41, 5.74) is 3.32. The van der Waals surface area contributed by atoms with Gasteiger partial charge in [0.05, 0.1) is 11.8 Å². The molecular formula is C20H31N3O2. The minimum absolute atomic E-state index is 0.0252. The molecule has 5 nitrogen and oxygen atoms in total. The zero-order chi connectivity index (χ0) is 17.4. The Labute approximate surface area is 150 Å². The standard InChI is InChI=1S/C20H31N3O2/c1-13(6-18(24)21-17-4-2-3-5-17)22-23-19(25)20-10-14-7-15(11-20)9-16(8-14)12-20/h14-17H,2-12H2,1H3,(H,21,24)(H,23,25). The predicted molar refractivity (Wildman–Crippen MR) is 96.9 cm³/mol. The van der Waals surface area contributed by atoms with Gasteiger partial charge in [-0.3, -0.25) is 9.59 Å². The maximum absolute atomic E-state index is 12.8. The molecule has 5 aliphatic carbocycles. The molecule has 0 spiro atoms. The molecule has 0 heterocycles. The van der Waals surface area contributed by atoms with Gasteiger partial charge in [-0.2, -0.15) is 5.10 Å². The molecule has 138 valence electrons. The number of carbonyl (C=O) groups is 2. The molecule has 0 aromatic rings. The molecule has 2 amide bonds. The van der Waals surface area contributed by atoms with Gasteiger partial charge in [0, 0.05) is 11.8 Å². The van der Waals surface area contributed by atoms with Crippen molar-refractivity contribution in [3.8, 4) is 0 Å². The third-order valence-corrected chi connectivity index (χ3v) is 7.00. The van der Waals surface area contributed by atoms with Crippen LogP contribution in [0.5, 0.6) is 0 Å². The molecule has 5 rings (SSSR count). The van der Waals surface area contributed by atoms with Gasteiger partial charge in [-0.05, 0) is 76.0 Å². The Balaban J connectivity index is 1.30. The highest BCUT2D eigenvalue weighted by atomic mass is 16.2. The maximum Gasteiger partial charge on any atom is 0.246 e. The van der Waals surface area contributed by atoms with Gasteiger partial charge in [0.2, 0.25) is 11.8 Å². The smallest absolute Gasteiger partial charge is 0.246 e. The Kier molecular flexibility index (Phi) is 4.59. The van der Waals surface area contributed by atoms with Gasteiger partial charge in [0.1, 0.15) is 0 Å². The first kappa shape index (κ1) is 17.0. The SMILES string of the molecule is CC(CC(=O)NC1CCCC1)=NNC(=O)C12CC3CC(CC(C3)C1)C2. The highest BCUT2D eigenvalue weighted by Crippen LogP contribution is 2.60. The van der Waals surface area contributed by atoms with Crippen molar-refractivity contribution in [2.75, 3.05) is 0 Å². The number of nitrogens with one attached hydrogen (secondary N) is 2. The molecular weight excluding hydrogens is 314 g/mol. The van der Waals surface area contributed by atoms with Crippen molar-refractivity contribution in [1.29, 1.82) is 0 Å². The molecule has 5 aliphatic rings. The van der Waals surface area contributed by atoms with Crippen molar-refractivity contribution in [2.24, 2.45) is 28.3 Å². The van der Waals surface area contributed by atoms with E-state index in [-0.39, 0.29) is 23.7 Å². The molecule has 0 radical (unpaired) electrons. The lowest BCUT2D eigenvalue weighted by molar-refractivity contribution is -0.146. The summed E-state index contributed by atoms with van der Waals surface area (Å²) in [6.45, 7) is 1.83. The quantitative estimate of drug-likeness (QED) is 0.593. The summed E-state index contributed by atoms with van der Waals surface area (Å²) in [5, 5.41) is 7.33. The van der Waals surface area contributed by atoms with E-state index in [0.29, 0.717) is 11.8 Å². The number of hydrogen-bond donors (Lipinski definition) is 2. The predicted octanol–water partition coefficient (Wildman–Crippen LogP) is 3.14. The summed E-state index contributed by atoms with van der Waals surface area (Å²) in [6.07, 6.45) is 12.0. The molecule has 25 heavy (non-hydrogen) atoms. The number of amides is 2. The Morgan fingerprint density at radius 3 is 2.12 bits per heavy atom. The van der Waals surface area contributed by atoms with E-state index in [0.717, 1.165) is 49.9 Å². The van der Waals surface area contributed by atoms with E-state index >= 15 is 0 Å². The second-order valence-electron chi connectivity index (χ2n) is 9.21. The van der Waals surface area contributed by atoms with Crippen LogP contribution in [0.1, 0.15) is 77.6 Å². The van der Waals surface area contributed by atoms with Gasteiger partial charge in [0.15, 0.2) is 0 Å². The van der Waals surface area contributed by atoms with E-state index in [1.807, 2.05) is 6.92 Å². The monoisotopic (exact) mass is 345 g/mol. The van der Waals surface area contributed by atoms with Crippen LogP contribution < -0.4 is 10.7 Å². The number of hydrazone groups is 1. The summed E-state index contributed by atoms with van der Waals surface area (Å²) in [6, 6.07) is 0.335. The van der Waals surface area contributed by atoms with Crippen molar-refractivity contribution in [2.45, 2.75) is 83.6 Å². The number of hydrogen-bond acceptors (Lipinski definition) is 3. The van der Waals surface area contributed by atoms with E-state index in [9.17, 15) is 9.59 Å². The number of nitrogens with zero attached hydrogens (tertiary/aromatic N) is 1. The molecule has 0 atom stereocenters. The molecule has 4 bridgehead atoms. The fraction of sp³-hybridized carbons (Fsp3) is 0.850. The molecule has 0 aliphatic heterocycles. The normalized spacial score (nSPS) is 37.3. The van der Waals surface area contributed by atoms with E-state index < -0.39 is 0 Å². The van der Waals surface area contributed by atoms with E-state index in [1.54, 1.807) is 0 Å². The average molecular weight is 345 g/mol. The lowest BCUT2D eigenvalue weighted by Gasteiger charge is -2.55. The topological polar surface area (TPSA) is 70.6 Å². The summed E-state index contributed by atoms with van der Waals surface area (Å²) in [5.74, 6) is 2.37. The second kappa shape index (κ2) is 6.73. The van der Waals surface area contributed by atoms with Gasteiger partial charge in [0.25, 0.3) is 0 Å². The van der Waals surface area contributed by atoms with Crippen LogP contribution in [0.3, 0.4) is 0 Å². The largest absolute Gasteiger partial charge is 0.353 e. The first-order valence-corrected chi connectivity index (χ1v) is 10.2. The Hall–Kier alpha value is -1.39. The van der Waals surface area contributed by atoms with Gasteiger partial charge in [-0.25, -0.2) is 5.43 Å². The average Bonchev–Trinajstić information content (AvgIpc) is 3.04. The van der Waals surface area contributed by atoms with Crippen LogP contribution in [0.4, 0.5) is 0 Å². The zero-order valence-electron chi connectivity index (χ0n) is 15.4. The molecule has 0 aromatic heterocycles. The van der Waals surface area contributed by atoms with Crippen LogP contribution in [-0.2, 0) is 9.59 Å². The summed E-state index contributed by atoms with van der Waals surface area (Å²) >= 11 is 0. The van der Waals surface area contributed by atoms with Crippen LogP contribution in [0.15, 0.2) is 5.10 Å². The third-order valence-electron chi connectivity index (χ3n) is 7.00. The van der Waals surface area contributed by atoms with E-state index in [1.165, 1.54) is 32.1 Å². The highest BCUT2D eigenvalue weighted by Gasteiger charge is 2.54. The lowest BCUT2D eigenvalue weighted by Crippen LogP contribution is -2.52. The summed E-state index contributed by atoms with van der Waals surface area (Å²) in [4.78, 5) is 24.9. The first-order chi connectivity index (χ1) is 12.0.